The summed E-state index contributed by atoms with van der Waals surface area (Å²) in [6.45, 7) is 3.38. The summed E-state index contributed by atoms with van der Waals surface area (Å²) in [6.07, 6.45) is 3.75. The van der Waals surface area contributed by atoms with Gasteiger partial charge in [0.25, 0.3) is 5.91 Å². The number of thiol groups is 1. The van der Waals surface area contributed by atoms with Crippen molar-refractivity contribution >= 4 is 45.6 Å². The topological polar surface area (TPSA) is 146 Å². The molecule has 2 aromatic heterocycles. The molecule has 36 heavy (non-hydrogen) atoms. The van der Waals surface area contributed by atoms with Crippen molar-refractivity contribution in [1.29, 1.82) is 0 Å². The van der Waals surface area contributed by atoms with Crippen LogP contribution in [0.4, 0.5) is 11.5 Å². The van der Waals surface area contributed by atoms with Crippen LogP contribution < -0.4 is 15.4 Å². The molecule has 2 saturated heterocycles. The number of halogens is 1. The van der Waals surface area contributed by atoms with E-state index in [4.69, 9.17) is 27.4 Å². The third-order valence-electron chi connectivity index (χ3n) is 6.79. The molecule has 0 aliphatic carbocycles. The van der Waals surface area contributed by atoms with Gasteiger partial charge in [0.2, 0.25) is 10.9 Å². The van der Waals surface area contributed by atoms with Gasteiger partial charge in [0.05, 0.1) is 29.1 Å². The van der Waals surface area contributed by atoms with Crippen molar-refractivity contribution in [1.82, 2.24) is 19.5 Å². The second-order valence-corrected chi connectivity index (χ2v) is 10.5. The lowest BCUT2D eigenvalue weighted by Crippen LogP contribution is -2.39. The van der Waals surface area contributed by atoms with E-state index in [1.807, 2.05) is 24.1 Å². The predicted molar refractivity (Wildman–Crippen MR) is 137 cm³/mol. The molecule has 192 valence electrons. The number of piperidine rings is 1. The highest BCUT2D eigenvalue weighted by Crippen LogP contribution is 2.34. The molecule has 3 atom stereocenters. The van der Waals surface area contributed by atoms with Crippen molar-refractivity contribution in [2.24, 2.45) is 5.73 Å². The zero-order chi connectivity index (χ0) is 25.6. The number of β-amino-alcohol motifs (C(OH)–C–C–N with tert-alkyl or cyclic N) is 1. The first-order chi connectivity index (χ1) is 17.2. The first-order valence-electron chi connectivity index (χ1n) is 11.8. The summed E-state index contributed by atoms with van der Waals surface area (Å²) in [5, 5.41) is 15.1. The summed E-state index contributed by atoms with van der Waals surface area (Å²) in [7, 11) is -2.94. The van der Waals surface area contributed by atoms with E-state index in [0.717, 1.165) is 24.2 Å². The van der Waals surface area contributed by atoms with Gasteiger partial charge in [-0.05, 0) is 44.4 Å². The Labute approximate surface area is 214 Å². The summed E-state index contributed by atoms with van der Waals surface area (Å²) >= 11 is 6.14. The average molecular weight is 534 g/mol. The highest BCUT2D eigenvalue weighted by atomic mass is 35.5. The Hall–Kier alpha value is -2.93. The molecule has 4 heterocycles. The highest BCUT2D eigenvalue weighted by Gasteiger charge is 2.33. The van der Waals surface area contributed by atoms with Crippen molar-refractivity contribution in [2.75, 3.05) is 29.3 Å². The minimum absolute atomic E-state index is 0.188. The third kappa shape index (κ3) is 4.73. The van der Waals surface area contributed by atoms with E-state index in [2.05, 4.69) is 4.72 Å². The first-order valence-corrected chi connectivity index (χ1v) is 13.3. The van der Waals surface area contributed by atoms with Crippen LogP contribution in [0.2, 0.25) is 5.02 Å². The fourth-order valence-corrected chi connectivity index (χ4v) is 5.58. The number of carbonyl (C=O) groups excluding carboxylic acids is 1. The Morgan fingerprint density at radius 3 is 2.78 bits per heavy atom. The second kappa shape index (κ2) is 9.85. The van der Waals surface area contributed by atoms with Gasteiger partial charge < -0.3 is 20.6 Å². The van der Waals surface area contributed by atoms with Crippen molar-refractivity contribution in [2.45, 2.75) is 44.4 Å². The Morgan fingerprint density at radius 2 is 2.06 bits per heavy atom. The predicted octanol–water partition coefficient (Wildman–Crippen LogP) is 1.51. The van der Waals surface area contributed by atoms with Gasteiger partial charge in [-0.2, -0.15) is 5.10 Å². The van der Waals surface area contributed by atoms with E-state index in [0.29, 0.717) is 42.4 Å². The maximum atomic E-state index is 13.6. The number of benzene rings is 1. The number of likely N-dealkylation sites (tertiary alicyclic amines) is 1. The van der Waals surface area contributed by atoms with Crippen LogP contribution in [0.3, 0.4) is 0 Å². The van der Waals surface area contributed by atoms with Gasteiger partial charge in [-0.1, -0.05) is 11.6 Å². The quantitative estimate of drug-likeness (QED) is 0.361. The number of fused-ring (bicyclic) bond motifs is 1. The van der Waals surface area contributed by atoms with E-state index < -0.39 is 17.0 Å². The molecule has 0 bridgehead atoms. The molecule has 1 amide bonds. The molecule has 2 fully saturated rings. The van der Waals surface area contributed by atoms with Crippen LogP contribution in [-0.2, 0) is 10.9 Å². The van der Waals surface area contributed by atoms with E-state index in [9.17, 15) is 18.3 Å². The molecule has 1 aromatic carbocycles. The van der Waals surface area contributed by atoms with Crippen molar-refractivity contribution < 1.29 is 18.3 Å². The molecule has 0 radical (unpaired) electrons. The molecule has 0 spiro atoms. The smallest absolute Gasteiger partial charge is 0.256 e. The van der Waals surface area contributed by atoms with Crippen LogP contribution in [0.25, 0.3) is 5.65 Å². The molecule has 5 rings (SSSR count). The van der Waals surface area contributed by atoms with Gasteiger partial charge in [0.15, 0.2) is 5.65 Å². The Morgan fingerprint density at radius 1 is 1.25 bits per heavy atom. The van der Waals surface area contributed by atoms with Crippen LogP contribution in [0.5, 0.6) is 0 Å². The number of carbonyl (C=O) groups is 1. The number of amides is 1. The van der Waals surface area contributed by atoms with Crippen LogP contribution >= 0.6 is 11.6 Å². The average Bonchev–Trinajstić information content (AvgIpc) is 3.41. The Kier molecular flexibility index (Phi) is 6.77. The standard InChI is InChI=1S/C23H28ClN7O4S/c1-13-10-31-21(26-22(13)29-11-16(25)20(32)12-29)9-18(27-31)19-4-2-3-7-30(19)23(33)15-8-14(24)5-6-17(15)28-36(34)35/h5-6,8-10,16,19-20,32,36H,2-4,7,11-12,25H2,1H3,(H,28,34,35)/t16-,19+,20-/m1/s1. The Balaban J connectivity index is 1.48. The lowest BCUT2D eigenvalue weighted by molar-refractivity contribution is 0.0607. The van der Waals surface area contributed by atoms with E-state index >= 15 is 0 Å². The fraction of sp³-hybridized carbons (Fsp3) is 0.435. The van der Waals surface area contributed by atoms with E-state index in [1.165, 1.54) is 18.2 Å². The minimum atomic E-state index is -2.94. The van der Waals surface area contributed by atoms with Crippen LogP contribution in [0.1, 0.15) is 46.9 Å². The number of anilines is 2. The largest absolute Gasteiger partial charge is 0.390 e. The first kappa shape index (κ1) is 24.8. The van der Waals surface area contributed by atoms with Gasteiger partial charge in [-0.25, -0.2) is 17.9 Å². The van der Waals surface area contributed by atoms with Crippen molar-refractivity contribution in [3.63, 3.8) is 0 Å². The number of aliphatic hydroxyl groups is 1. The molecule has 4 N–H and O–H groups in total. The number of nitrogens with zero attached hydrogens (tertiary/aromatic N) is 5. The summed E-state index contributed by atoms with van der Waals surface area (Å²) in [5.74, 6) is 0.433. The molecule has 2 aliphatic rings. The zero-order valence-corrected chi connectivity index (χ0v) is 21.3. The molecular formula is C23H28ClN7O4S. The molecular weight excluding hydrogens is 506 g/mol. The van der Waals surface area contributed by atoms with Crippen molar-refractivity contribution in [3.05, 3.63) is 52.3 Å². The number of nitrogens with two attached hydrogens (primary N) is 1. The SMILES string of the molecule is Cc1cn2nc([C@@H]3CCCCN3C(=O)c3cc(Cl)ccc3N[SH](=O)=O)cc2nc1N1C[C@@H](N)[C@H](O)C1. The van der Waals surface area contributed by atoms with Gasteiger partial charge in [-0.15, -0.1) is 0 Å². The normalized spacial score (nSPS) is 22.5. The maximum absolute atomic E-state index is 13.6. The minimum Gasteiger partial charge on any atom is -0.390 e. The lowest BCUT2D eigenvalue weighted by atomic mass is 9.98. The third-order valence-corrected chi connectivity index (χ3v) is 7.44. The second-order valence-electron chi connectivity index (χ2n) is 9.32. The zero-order valence-electron chi connectivity index (χ0n) is 19.7. The lowest BCUT2D eigenvalue weighted by Gasteiger charge is -2.35. The number of aromatic nitrogens is 3. The van der Waals surface area contributed by atoms with Gasteiger partial charge in [0.1, 0.15) is 5.82 Å². The number of hydrogen-bond donors (Lipinski definition) is 4. The van der Waals surface area contributed by atoms with Crippen LogP contribution in [0, 0.1) is 6.92 Å². The summed E-state index contributed by atoms with van der Waals surface area (Å²) < 4.78 is 26.6. The number of aliphatic hydroxyl groups excluding tert-OH is 1. The van der Waals surface area contributed by atoms with Crippen LogP contribution in [0.15, 0.2) is 30.5 Å². The van der Waals surface area contributed by atoms with E-state index in [-0.39, 0.29) is 29.2 Å². The fourth-order valence-electron chi connectivity index (χ4n) is 5.01. The summed E-state index contributed by atoms with van der Waals surface area (Å²) in [5.41, 5.74) is 8.60. The monoisotopic (exact) mass is 533 g/mol. The molecule has 2 aliphatic heterocycles. The number of nitrogens with one attached hydrogen (secondary N) is 1. The highest BCUT2D eigenvalue weighted by molar-refractivity contribution is 7.73. The molecule has 0 unspecified atom stereocenters. The number of hydrogen-bond acceptors (Lipinski definition) is 8. The molecule has 0 saturated carbocycles. The maximum Gasteiger partial charge on any atom is 0.256 e. The van der Waals surface area contributed by atoms with Gasteiger partial charge in [0, 0.05) is 48.5 Å². The van der Waals surface area contributed by atoms with Crippen molar-refractivity contribution in [3.8, 4) is 0 Å². The Bertz CT molecular complexity index is 1380. The molecule has 11 nitrogen and oxygen atoms in total. The summed E-state index contributed by atoms with van der Waals surface area (Å²) in [6, 6.07) is 5.75. The van der Waals surface area contributed by atoms with E-state index in [1.54, 1.807) is 9.42 Å². The molecule has 13 heteroatoms. The van der Waals surface area contributed by atoms with Crippen LogP contribution in [-0.4, -0.2) is 70.7 Å². The number of aryl methyl sites for hydroxylation is 1. The molecule has 3 aromatic rings. The van der Waals surface area contributed by atoms with Gasteiger partial charge in [-0.3, -0.25) is 9.52 Å². The van der Waals surface area contributed by atoms with Gasteiger partial charge >= 0.3 is 0 Å². The summed E-state index contributed by atoms with van der Waals surface area (Å²) in [4.78, 5) is 22.1. The number of rotatable bonds is 5.